The van der Waals surface area contributed by atoms with Gasteiger partial charge in [0.2, 0.25) is 0 Å². The van der Waals surface area contributed by atoms with Gasteiger partial charge in [-0.3, -0.25) is 14.6 Å². The summed E-state index contributed by atoms with van der Waals surface area (Å²) in [4.78, 5) is 31.7. The zero-order valence-corrected chi connectivity index (χ0v) is 16.5. The van der Waals surface area contributed by atoms with Gasteiger partial charge in [-0.15, -0.1) is 0 Å². The summed E-state index contributed by atoms with van der Waals surface area (Å²) in [5.74, 6) is -0.0546. The van der Waals surface area contributed by atoms with Crippen LogP contribution in [-0.2, 0) is 23.8 Å². The van der Waals surface area contributed by atoms with Crippen molar-refractivity contribution >= 4 is 23.4 Å². The summed E-state index contributed by atoms with van der Waals surface area (Å²) in [7, 11) is 0. The van der Waals surface area contributed by atoms with E-state index in [0.29, 0.717) is 34.1 Å². The summed E-state index contributed by atoms with van der Waals surface area (Å²) in [5, 5.41) is 4.06. The van der Waals surface area contributed by atoms with Crippen molar-refractivity contribution in [3.63, 3.8) is 0 Å². The standard InChI is InChI=1S/C22H16F3N5O2/c23-22(24,25)16-5-6-27-17(8-16)9-18(32)7-13-1-3-14(4-2-13)19-15(11-31)10-30-20(19)21(26)28-12-29-30/h1-6,8,10-12H,7,9H2,(H2,26,28,29). The van der Waals surface area contributed by atoms with Crippen molar-refractivity contribution in [2.45, 2.75) is 19.0 Å². The number of carbonyl (C=O) groups excluding carboxylic acids is 2. The molecule has 0 aliphatic heterocycles. The average Bonchev–Trinajstić information content (AvgIpc) is 3.14. The Hall–Kier alpha value is -4.08. The second kappa shape index (κ2) is 8.22. The maximum atomic E-state index is 12.8. The Morgan fingerprint density at radius 1 is 1.09 bits per heavy atom. The monoisotopic (exact) mass is 439 g/mol. The van der Waals surface area contributed by atoms with Crippen molar-refractivity contribution in [3.05, 3.63) is 77.5 Å². The van der Waals surface area contributed by atoms with E-state index in [1.54, 1.807) is 30.5 Å². The normalized spacial score (nSPS) is 11.6. The third-order valence-corrected chi connectivity index (χ3v) is 4.92. The zero-order chi connectivity index (χ0) is 22.9. The van der Waals surface area contributed by atoms with Gasteiger partial charge in [-0.2, -0.15) is 18.3 Å². The highest BCUT2D eigenvalue weighted by molar-refractivity contribution is 5.99. The molecule has 0 aliphatic rings. The predicted molar refractivity (Wildman–Crippen MR) is 110 cm³/mol. The molecule has 0 fully saturated rings. The number of benzene rings is 1. The second-order valence-corrected chi connectivity index (χ2v) is 7.14. The predicted octanol–water partition coefficient (Wildman–Crippen LogP) is 3.56. The van der Waals surface area contributed by atoms with Gasteiger partial charge in [-0.05, 0) is 23.3 Å². The third kappa shape index (κ3) is 4.20. The number of Topliss-reactive ketones (excluding diaryl/α,β-unsaturated/α-hetero) is 1. The largest absolute Gasteiger partial charge is 0.416 e. The van der Waals surface area contributed by atoms with Crippen molar-refractivity contribution in [2.75, 3.05) is 5.73 Å². The van der Waals surface area contributed by atoms with E-state index >= 15 is 0 Å². The summed E-state index contributed by atoms with van der Waals surface area (Å²) in [6, 6.07) is 8.64. The van der Waals surface area contributed by atoms with E-state index < -0.39 is 11.7 Å². The second-order valence-electron chi connectivity index (χ2n) is 7.14. The molecular formula is C22H16F3N5O2. The van der Waals surface area contributed by atoms with E-state index in [1.165, 1.54) is 10.8 Å². The van der Waals surface area contributed by atoms with Crippen LogP contribution in [0.1, 0.15) is 27.2 Å². The van der Waals surface area contributed by atoms with Crippen LogP contribution in [0.25, 0.3) is 16.6 Å². The van der Waals surface area contributed by atoms with Gasteiger partial charge in [-0.25, -0.2) is 9.50 Å². The van der Waals surface area contributed by atoms with E-state index in [0.717, 1.165) is 18.3 Å². The van der Waals surface area contributed by atoms with Crippen LogP contribution in [0.3, 0.4) is 0 Å². The van der Waals surface area contributed by atoms with Crippen molar-refractivity contribution < 1.29 is 22.8 Å². The Morgan fingerprint density at radius 3 is 2.53 bits per heavy atom. The molecule has 2 N–H and O–H groups in total. The molecule has 32 heavy (non-hydrogen) atoms. The number of fused-ring (bicyclic) bond motifs is 1. The zero-order valence-electron chi connectivity index (χ0n) is 16.5. The maximum absolute atomic E-state index is 12.8. The quantitative estimate of drug-likeness (QED) is 0.461. The number of nitrogens with zero attached hydrogens (tertiary/aromatic N) is 4. The molecule has 4 aromatic rings. The molecule has 3 aromatic heterocycles. The van der Waals surface area contributed by atoms with Gasteiger partial charge in [-0.1, -0.05) is 24.3 Å². The fourth-order valence-electron chi connectivity index (χ4n) is 3.48. The molecule has 0 amide bonds. The highest BCUT2D eigenvalue weighted by Gasteiger charge is 2.30. The average molecular weight is 439 g/mol. The minimum atomic E-state index is -4.49. The number of aldehydes is 1. The molecule has 0 saturated carbocycles. The van der Waals surface area contributed by atoms with Gasteiger partial charge in [0.15, 0.2) is 12.1 Å². The molecule has 4 rings (SSSR count). The topological polar surface area (TPSA) is 103 Å². The van der Waals surface area contributed by atoms with Gasteiger partial charge >= 0.3 is 6.18 Å². The number of anilines is 1. The van der Waals surface area contributed by atoms with Crippen LogP contribution >= 0.6 is 0 Å². The molecule has 0 atom stereocenters. The number of pyridine rings is 1. The van der Waals surface area contributed by atoms with Gasteiger partial charge in [0, 0.05) is 42.1 Å². The summed E-state index contributed by atoms with van der Waals surface area (Å²) < 4.78 is 40.0. The first-order chi connectivity index (χ1) is 15.3. The first-order valence-electron chi connectivity index (χ1n) is 9.46. The van der Waals surface area contributed by atoms with Crippen LogP contribution in [-0.4, -0.2) is 31.7 Å². The highest BCUT2D eigenvalue weighted by Crippen LogP contribution is 2.32. The lowest BCUT2D eigenvalue weighted by Crippen LogP contribution is -2.10. The van der Waals surface area contributed by atoms with Gasteiger partial charge in [0.25, 0.3) is 0 Å². The number of nitrogen functional groups attached to an aromatic ring is 1. The number of carbonyl (C=O) groups is 2. The van der Waals surface area contributed by atoms with Crippen LogP contribution in [0.4, 0.5) is 19.0 Å². The molecule has 0 unspecified atom stereocenters. The third-order valence-electron chi connectivity index (χ3n) is 4.92. The Kier molecular flexibility index (Phi) is 5.43. The number of halogens is 3. The number of hydrogen-bond donors (Lipinski definition) is 1. The van der Waals surface area contributed by atoms with Crippen LogP contribution < -0.4 is 5.73 Å². The number of nitrogens with two attached hydrogens (primary N) is 1. The molecule has 7 nitrogen and oxygen atoms in total. The maximum Gasteiger partial charge on any atom is 0.416 e. The molecule has 0 bridgehead atoms. The molecular weight excluding hydrogens is 423 g/mol. The van der Waals surface area contributed by atoms with Crippen LogP contribution in [0, 0.1) is 0 Å². The SMILES string of the molecule is Nc1ncnn2cc(C=O)c(-c3ccc(CC(=O)Cc4cc(C(F)(F)F)ccn4)cc3)c12. The Bertz CT molecular complexity index is 1310. The van der Waals surface area contributed by atoms with E-state index in [4.69, 9.17) is 5.73 Å². The first-order valence-corrected chi connectivity index (χ1v) is 9.46. The van der Waals surface area contributed by atoms with E-state index in [9.17, 15) is 22.8 Å². The van der Waals surface area contributed by atoms with Crippen LogP contribution in [0.15, 0.2) is 55.1 Å². The fourth-order valence-corrected chi connectivity index (χ4v) is 3.48. The van der Waals surface area contributed by atoms with Gasteiger partial charge in [0.05, 0.1) is 5.56 Å². The van der Waals surface area contributed by atoms with Crippen molar-refractivity contribution in [3.8, 4) is 11.1 Å². The lowest BCUT2D eigenvalue weighted by molar-refractivity contribution is -0.137. The molecule has 0 radical (unpaired) electrons. The minimum Gasteiger partial charge on any atom is -0.382 e. The highest BCUT2D eigenvalue weighted by atomic mass is 19.4. The molecule has 3 heterocycles. The smallest absolute Gasteiger partial charge is 0.382 e. The van der Waals surface area contributed by atoms with Gasteiger partial charge < -0.3 is 5.73 Å². The Labute approximate surface area is 179 Å². The Morgan fingerprint density at radius 2 is 1.84 bits per heavy atom. The number of hydrogen-bond acceptors (Lipinski definition) is 6. The van der Waals surface area contributed by atoms with E-state index in [1.807, 2.05) is 0 Å². The minimum absolute atomic E-state index is 0.0283. The number of rotatable bonds is 6. The lowest BCUT2D eigenvalue weighted by atomic mass is 9.99. The molecule has 10 heteroatoms. The molecule has 1 aromatic carbocycles. The van der Waals surface area contributed by atoms with E-state index in [-0.39, 0.29) is 30.1 Å². The number of ketones is 1. The van der Waals surface area contributed by atoms with Crippen molar-refractivity contribution in [2.24, 2.45) is 0 Å². The summed E-state index contributed by atoms with van der Waals surface area (Å²) in [6.45, 7) is 0. The van der Waals surface area contributed by atoms with Crippen LogP contribution in [0.5, 0.6) is 0 Å². The summed E-state index contributed by atoms with van der Waals surface area (Å²) in [6.07, 6.45) is -0.0939. The molecule has 0 spiro atoms. The summed E-state index contributed by atoms with van der Waals surface area (Å²) in [5.41, 5.74) is 8.00. The lowest BCUT2D eigenvalue weighted by Gasteiger charge is -2.08. The molecule has 162 valence electrons. The Balaban J connectivity index is 1.54. The van der Waals surface area contributed by atoms with Crippen LogP contribution in [0.2, 0.25) is 0 Å². The van der Waals surface area contributed by atoms with Crippen molar-refractivity contribution in [1.82, 2.24) is 19.6 Å². The molecule has 0 aliphatic carbocycles. The van der Waals surface area contributed by atoms with Crippen molar-refractivity contribution in [1.29, 1.82) is 0 Å². The first kappa shape index (κ1) is 21.2. The van der Waals surface area contributed by atoms with Gasteiger partial charge in [0.1, 0.15) is 17.6 Å². The fraction of sp³-hybridized carbons (Fsp3) is 0.136. The number of alkyl halides is 3. The molecule has 0 saturated heterocycles. The number of aromatic nitrogens is 4. The summed E-state index contributed by atoms with van der Waals surface area (Å²) >= 11 is 0. The van der Waals surface area contributed by atoms with E-state index in [2.05, 4.69) is 15.1 Å².